The summed E-state index contributed by atoms with van der Waals surface area (Å²) in [5, 5.41) is 3.26. The number of nitrogens with one attached hydrogen (secondary N) is 1. The second-order valence-electron chi connectivity index (χ2n) is 7.87. The lowest BCUT2D eigenvalue weighted by Gasteiger charge is -2.28. The van der Waals surface area contributed by atoms with Crippen molar-refractivity contribution >= 4 is 56.6 Å². The molecular formula is C22H41BrCl3NO3. The molecule has 0 spiro atoms. The maximum absolute atomic E-state index is 12.0. The Balaban J connectivity index is 3.97. The number of methoxy groups -OCH3 is 1. The highest BCUT2D eigenvalue weighted by molar-refractivity contribution is 9.09. The molecule has 0 aliphatic carbocycles. The Kier molecular flexibility index (Phi) is 20.9. The highest BCUT2D eigenvalue weighted by atomic mass is 79.9. The number of halogens is 4. The summed E-state index contributed by atoms with van der Waals surface area (Å²) in [4.78, 5) is 12.0. The smallest absolute Gasteiger partial charge is 0.272 e. The summed E-state index contributed by atoms with van der Waals surface area (Å²) < 4.78 is 8.81. The minimum atomic E-state index is -1.98. The lowest BCUT2D eigenvalue weighted by Crippen LogP contribution is -2.49. The zero-order chi connectivity index (χ0) is 22.7. The topological polar surface area (TPSA) is 47.6 Å². The lowest BCUT2D eigenvalue weighted by molar-refractivity contribution is -0.124. The standard InChI is InChI=1S/C22H41BrCl3NO3/c1-3-4-5-6-7-8-9-10-11-12-13-14-15-16-20(30-18-29-2)19(17-23)27-21(28)22(24,25)26/h19-20H,3-18H2,1-2H3,(H,27,28)/t19-,20+/m0/s1. The van der Waals surface area contributed by atoms with Crippen LogP contribution in [0.25, 0.3) is 0 Å². The quantitative estimate of drug-likeness (QED) is 0.0954. The second-order valence-corrected chi connectivity index (χ2v) is 10.8. The van der Waals surface area contributed by atoms with E-state index in [9.17, 15) is 4.79 Å². The van der Waals surface area contributed by atoms with E-state index in [0.717, 1.165) is 19.3 Å². The van der Waals surface area contributed by atoms with Crippen molar-refractivity contribution in [1.29, 1.82) is 0 Å². The van der Waals surface area contributed by atoms with Crippen LogP contribution in [0.5, 0.6) is 0 Å². The van der Waals surface area contributed by atoms with E-state index in [1.165, 1.54) is 70.6 Å². The normalized spacial score (nSPS) is 13.9. The van der Waals surface area contributed by atoms with Gasteiger partial charge in [0.1, 0.15) is 6.79 Å². The van der Waals surface area contributed by atoms with Crippen LogP contribution in [0, 0.1) is 0 Å². The van der Waals surface area contributed by atoms with E-state index in [1.807, 2.05) is 0 Å². The van der Waals surface area contributed by atoms with Crippen molar-refractivity contribution in [3.05, 3.63) is 0 Å². The van der Waals surface area contributed by atoms with Gasteiger partial charge < -0.3 is 14.8 Å². The number of ether oxygens (including phenoxy) is 2. The number of alkyl halides is 4. The molecule has 4 nitrogen and oxygen atoms in total. The molecule has 0 aliphatic heterocycles. The van der Waals surface area contributed by atoms with Crippen LogP contribution in [0.3, 0.4) is 0 Å². The zero-order valence-electron chi connectivity index (χ0n) is 18.7. The molecule has 0 aromatic carbocycles. The minimum absolute atomic E-state index is 0.163. The van der Waals surface area contributed by atoms with Gasteiger partial charge >= 0.3 is 0 Å². The molecule has 0 aromatic rings. The van der Waals surface area contributed by atoms with Gasteiger partial charge in [-0.2, -0.15) is 0 Å². The number of carbonyl (C=O) groups excluding carboxylic acids is 1. The average molecular weight is 554 g/mol. The first-order valence-corrected chi connectivity index (χ1v) is 13.7. The molecule has 2 atom stereocenters. The molecule has 0 bridgehead atoms. The van der Waals surface area contributed by atoms with Gasteiger partial charge in [-0.1, -0.05) is 141 Å². The number of carbonyl (C=O) groups is 1. The summed E-state index contributed by atoms with van der Waals surface area (Å²) in [6, 6.07) is -0.291. The van der Waals surface area contributed by atoms with Gasteiger partial charge in [0, 0.05) is 12.4 Å². The van der Waals surface area contributed by atoms with Crippen LogP contribution in [0.2, 0.25) is 0 Å². The van der Waals surface area contributed by atoms with Gasteiger partial charge in [0.25, 0.3) is 9.70 Å². The van der Waals surface area contributed by atoms with Gasteiger partial charge in [-0.15, -0.1) is 0 Å². The molecule has 1 amide bonds. The first kappa shape index (κ1) is 30.7. The van der Waals surface area contributed by atoms with Crippen molar-refractivity contribution < 1.29 is 14.3 Å². The van der Waals surface area contributed by atoms with E-state index in [1.54, 1.807) is 7.11 Å². The number of unbranched alkanes of at least 4 members (excludes halogenated alkanes) is 12. The Morgan fingerprint density at radius 3 is 1.77 bits per heavy atom. The fraction of sp³-hybridized carbons (Fsp3) is 0.955. The summed E-state index contributed by atoms with van der Waals surface area (Å²) in [5.41, 5.74) is 0. The third-order valence-electron chi connectivity index (χ3n) is 5.18. The number of rotatable bonds is 20. The van der Waals surface area contributed by atoms with Crippen LogP contribution in [0.15, 0.2) is 0 Å². The Labute approximate surface area is 207 Å². The molecule has 0 rings (SSSR count). The van der Waals surface area contributed by atoms with Crippen LogP contribution in [0.1, 0.15) is 96.8 Å². The van der Waals surface area contributed by atoms with Gasteiger partial charge in [0.05, 0.1) is 12.1 Å². The third-order valence-corrected chi connectivity index (χ3v) is 6.39. The summed E-state index contributed by atoms with van der Waals surface area (Å²) >= 11 is 20.4. The molecule has 0 saturated heterocycles. The van der Waals surface area contributed by atoms with Crippen LogP contribution >= 0.6 is 50.7 Å². The van der Waals surface area contributed by atoms with E-state index in [2.05, 4.69) is 28.2 Å². The van der Waals surface area contributed by atoms with E-state index in [0.29, 0.717) is 5.33 Å². The van der Waals surface area contributed by atoms with Crippen molar-refractivity contribution in [2.75, 3.05) is 19.2 Å². The number of hydrogen-bond acceptors (Lipinski definition) is 3. The lowest BCUT2D eigenvalue weighted by atomic mass is 10.0. The van der Waals surface area contributed by atoms with Crippen LogP contribution in [-0.2, 0) is 14.3 Å². The summed E-state index contributed by atoms with van der Waals surface area (Å²) in [6.07, 6.45) is 17.6. The molecule has 30 heavy (non-hydrogen) atoms. The third kappa shape index (κ3) is 17.3. The summed E-state index contributed by atoms with van der Waals surface area (Å²) in [5.74, 6) is -0.645. The monoisotopic (exact) mass is 551 g/mol. The highest BCUT2D eigenvalue weighted by Crippen LogP contribution is 2.26. The van der Waals surface area contributed by atoms with Crippen molar-refractivity contribution in [3.8, 4) is 0 Å². The average Bonchev–Trinajstić information content (AvgIpc) is 2.71. The first-order chi connectivity index (χ1) is 14.4. The number of amides is 1. The molecular weight excluding hydrogens is 513 g/mol. The molecule has 0 heterocycles. The van der Waals surface area contributed by atoms with E-state index in [-0.39, 0.29) is 18.9 Å². The molecule has 0 fully saturated rings. The highest BCUT2D eigenvalue weighted by Gasteiger charge is 2.34. The van der Waals surface area contributed by atoms with Crippen molar-refractivity contribution in [2.24, 2.45) is 0 Å². The Morgan fingerprint density at radius 1 is 0.900 bits per heavy atom. The Morgan fingerprint density at radius 2 is 1.37 bits per heavy atom. The molecule has 0 aliphatic rings. The predicted octanol–water partition coefficient (Wildman–Crippen LogP) is 7.71. The SMILES string of the molecule is CCCCCCCCCCCCCCC[C@@H](OCOC)[C@H](CBr)NC(=O)C(Cl)(Cl)Cl. The maximum Gasteiger partial charge on any atom is 0.272 e. The number of hydrogen-bond donors (Lipinski definition) is 1. The molecule has 0 radical (unpaired) electrons. The largest absolute Gasteiger partial charge is 0.359 e. The molecule has 8 heteroatoms. The van der Waals surface area contributed by atoms with E-state index in [4.69, 9.17) is 44.3 Å². The molecule has 0 aromatic heterocycles. The van der Waals surface area contributed by atoms with Gasteiger partial charge in [-0.3, -0.25) is 4.79 Å². The van der Waals surface area contributed by atoms with Crippen molar-refractivity contribution in [1.82, 2.24) is 5.32 Å². The van der Waals surface area contributed by atoms with Gasteiger partial charge in [-0.05, 0) is 6.42 Å². The predicted molar refractivity (Wildman–Crippen MR) is 133 cm³/mol. The Bertz CT molecular complexity index is 412. The van der Waals surface area contributed by atoms with E-state index < -0.39 is 9.70 Å². The summed E-state index contributed by atoms with van der Waals surface area (Å²) in [6.45, 7) is 2.42. The summed E-state index contributed by atoms with van der Waals surface area (Å²) in [7, 11) is 1.57. The molecule has 0 unspecified atom stereocenters. The van der Waals surface area contributed by atoms with Crippen molar-refractivity contribution in [3.63, 3.8) is 0 Å². The van der Waals surface area contributed by atoms with Crippen LogP contribution < -0.4 is 5.32 Å². The Hall–Kier alpha value is 0.740. The van der Waals surface area contributed by atoms with E-state index >= 15 is 0 Å². The van der Waals surface area contributed by atoms with Crippen molar-refractivity contribution in [2.45, 2.75) is 113 Å². The van der Waals surface area contributed by atoms with Gasteiger partial charge in [0.15, 0.2) is 0 Å². The van der Waals surface area contributed by atoms with Crippen LogP contribution in [-0.4, -0.2) is 41.1 Å². The molecule has 180 valence electrons. The minimum Gasteiger partial charge on any atom is -0.359 e. The first-order valence-electron chi connectivity index (χ1n) is 11.4. The molecule has 1 N–H and O–H groups in total. The van der Waals surface area contributed by atoms with Crippen LogP contribution in [0.4, 0.5) is 0 Å². The molecule has 0 saturated carbocycles. The van der Waals surface area contributed by atoms with Gasteiger partial charge in [-0.25, -0.2) is 0 Å². The fourth-order valence-corrected chi connectivity index (χ4v) is 4.14. The zero-order valence-corrected chi connectivity index (χ0v) is 22.6. The maximum atomic E-state index is 12.0. The fourth-order valence-electron chi connectivity index (χ4n) is 3.40. The van der Waals surface area contributed by atoms with Gasteiger partial charge in [0.2, 0.25) is 0 Å². The second kappa shape index (κ2) is 20.4.